The van der Waals surface area contributed by atoms with Crippen molar-refractivity contribution in [2.24, 2.45) is 0 Å². The summed E-state index contributed by atoms with van der Waals surface area (Å²) in [4.78, 5) is 0. The van der Waals surface area contributed by atoms with Crippen molar-refractivity contribution in [1.29, 1.82) is 0 Å². The van der Waals surface area contributed by atoms with Gasteiger partial charge in [0.05, 0.1) is 0 Å². The molecule has 0 saturated carbocycles. The summed E-state index contributed by atoms with van der Waals surface area (Å²) in [6.45, 7) is 9.07. The van der Waals surface area contributed by atoms with Gasteiger partial charge < -0.3 is 4.40 Å². The van der Waals surface area contributed by atoms with Gasteiger partial charge in [0.2, 0.25) is 0 Å². The van der Waals surface area contributed by atoms with Gasteiger partial charge in [0.1, 0.15) is 0 Å². The van der Waals surface area contributed by atoms with E-state index in [0.717, 1.165) is 0 Å². The second-order valence-corrected chi connectivity index (χ2v) is 4.80. The standard InChI is InChI=1S/C14H19N/c1-10(2)12-9-15-8-6-5-7-13(15)14(12)11(3)4/h5-11H,1-4H3. The van der Waals surface area contributed by atoms with Crippen molar-refractivity contribution < 1.29 is 0 Å². The highest BCUT2D eigenvalue weighted by Gasteiger charge is 2.15. The Kier molecular flexibility index (Phi) is 2.56. The molecule has 0 N–H and O–H groups in total. The lowest BCUT2D eigenvalue weighted by Gasteiger charge is -2.10. The zero-order chi connectivity index (χ0) is 11.0. The predicted octanol–water partition coefficient (Wildman–Crippen LogP) is 4.19. The summed E-state index contributed by atoms with van der Waals surface area (Å²) < 4.78 is 2.24. The summed E-state index contributed by atoms with van der Waals surface area (Å²) in [7, 11) is 0. The smallest absolute Gasteiger partial charge is 0.0487 e. The highest BCUT2D eigenvalue weighted by molar-refractivity contribution is 5.61. The van der Waals surface area contributed by atoms with Crippen LogP contribution in [0.5, 0.6) is 0 Å². The minimum absolute atomic E-state index is 0.592. The number of hydrogen-bond donors (Lipinski definition) is 0. The number of aromatic nitrogens is 1. The van der Waals surface area contributed by atoms with Crippen LogP contribution in [0.2, 0.25) is 0 Å². The Morgan fingerprint density at radius 1 is 1.00 bits per heavy atom. The van der Waals surface area contributed by atoms with Crippen molar-refractivity contribution >= 4 is 5.52 Å². The third kappa shape index (κ3) is 1.67. The Bertz CT molecular complexity index is 463. The summed E-state index contributed by atoms with van der Waals surface area (Å²) in [6.07, 6.45) is 4.41. The van der Waals surface area contributed by atoms with Crippen molar-refractivity contribution in [3.05, 3.63) is 41.7 Å². The van der Waals surface area contributed by atoms with E-state index in [4.69, 9.17) is 0 Å². The maximum atomic E-state index is 2.27. The monoisotopic (exact) mass is 201 g/mol. The van der Waals surface area contributed by atoms with Crippen molar-refractivity contribution in [2.75, 3.05) is 0 Å². The molecule has 80 valence electrons. The first-order valence-electron chi connectivity index (χ1n) is 5.70. The van der Waals surface area contributed by atoms with Crippen LogP contribution in [-0.4, -0.2) is 4.40 Å². The Morgan fingerprint density at radius 2 is 1.73 bits per heavy atom. The van der Waals surface area contributed by atoms with Gasteiger partial charge >= 0.3 is 0 Å². The van der Waals surface area contributed by atoms with Crippen LogP contribution >= 0.6 is 0 Å². The van der Waals surface area contributed by atoms with E-state index in [-0.39, 0.29) is 0 Å². The Balaban J connectivity index is 2.75. The summed E-state index contributed by atoms with van der Waals surface area (Å²) in [5, 5.41) is 0. The van der Waals surface area contributed by atoms with E-state index in [0.29, 0.717) is 11.8 Å². The van der Waals surface area contributed by atoms with Crippen LogP contribution in [0.4, 0.5) is 0 Å². The van der Waals surface area contributed by atoms with Crippen LogP contribution in [-0.2, 0) is 0 Å². The van der Waals surface area contributed by atoms with Gasteiger partial charge in [-0.2, -0.15) is 0 Å². The number of rotatable bonds is 2. The molecule has 1 nitrogen and oxygen atoms in total. The lowest BCUT2D eigenvalue weighted by Crippen LogP contribution is -1.94. The normalized spacial score (nSPS) is 11.9. The zero-order valence-corrected chi connectivity index (χ0v) is 9.99. The van der Waals surface area contributed by atoms with Crippen molar-refractivity contribution in [1.82, 2.24) is 4.40 Å². The Hall–Kier alpha value is -1.24. The van der Waals surface area contributed by atoms with Gasteiger partial charge in [-0.15, -0.1) is 0 Å². The molecular weight excluding hydrogens is 182 g/mol. The predicted molar refractivity (Wildman–Crippen MR) is 65.6 cm³/mol. The topological polar surface area (TPSA) is 4.41 Å². The van der Waals surface area contributed by atoms with Crippen LogP contribution in [0.1, 0.15) is 50.7 Å². The molecule has 0 radical (unpaired) electrons. The van der Waals surface area contributed by atoms with Gasteiger partial charge in [0, 0.05) is 17.9 Å². The maximum Gasteiger partial charge on any atom is 0.0487 e. The van der Waals surface area contributed by atoms with Gasteiger partial charge in [-0.3, -0.25) is 0 Å². The lowest BCUT2D eigenvalue weighted by atomic mass is 9.94. The van der Waals surface area contributed by atoms with E-state index >= 15 is 0 Å². The van der Waals surface area contributed by atoms with E-state index in [1.807, 2.05) is 0 Å². The van der Waals surface area contributed by atoms with Crippen LogP contribution in [0.15, 0.2) is 30.6 Å². The average molecular weight is 201 g/mol. The third-order valence-corrected chi connectivity index (χ3v) is 2.95. The fourth-order valence-electron chi connectivity index (χ4n) is 2.25. The molecule has 2 rings (SSSR count). The molecule has 0 amide bonds. The third-order valence-electron chi connectivity index (χ3n) is 2.95. The van der Waals surface area contributed by atoms with Gasteiger partial charge in [0.25, 0.3) is 0 Å². The minimum Gasteiger partial charge on any atom is -0.323 e. The zero-order valence-electron chi connectivity index (χ0n) is 9.99. The highest BCUT2D eigenvalue weighted by atomic mass is 14.9. The fourth-order valence-corrected chi connectivity index (χ4v) is 2.25. The van der Waals surface area contributed by atoms with Crippen LogP contribution in [0.3, 0.4) is 0 Å². The van der Waals surface area contributed by atoms with Gasteiger partial charge in [-0.05, 0) is 35.1 Å². The summed E-state index contributed by atoms with van der Waals surface area (Å²) in [6, 6.07) is 6.41. The average Bonchev–Trinajstić information content (AvgIpc) is 2.56. The molecule has 0 fully saturated rings. The van der Waals surface area contributed by atoms with E-state index in [2.05, 4.69) is 62.7 Å². The van der Waals surface area contributed by atoms with Crippen LogP contribution in [0, 0.1) is 0 Å². The molecule has 2 aromatic heterocycles. The first-order chi connectivity index (χ1) is 7.11. The number of pyridine rings is 1. The van der Waals surface area contributed by atoms with Gasteiger partial charge in [-0.1, -0.05) is 33.8 Å². The second-order valence-electron chi connectivity index (χ2n) is 4.80. The first kappa shape index (κ1) is 10.3. The number of fused-ring (bicyclic) bond motifs is 1. The molecule has 0 aliphatic carbocycles. The van der Waals surface area contributed by atoms with Gasteiger partial charge in [-0.25, -0.2) is 0 Å². The number of hydrogen-bond acceptors (Lipinski definition) is 0. The Morgan fingerprint density at radius 3 is 2.33 bits per heavy atom. The minimum atomic E-state index is 0.592. The van der Waals surface area contributed by atoms with Crippen molar-refractivity contribution in [3.8, 4) is 0 Å². The largest absolute Gasteiger partial charge is 0.323 e. The maximum absolute atomic E-state index is 2.27. The van der Waals surface area contributed by atoms with E-state index in [1.54, 1.807) is 0 Å². The van der Waals surface area contributed by atoms with E-state index in [1.165, 1.54) is 16.6 Å². The van der Waals surface area contributed by atoms with Crippen LogP contribution < -0.4 is 0 Å². The second kappa shape index (κ2) is 3.73. The molecule has 0 spiro atoms. The first-order valence-corrected chi connectivity index (χ1v) is 5.70. The van der Waals surface area contributed by atoms with E-state index in [9.17, 15) is 0 Å². The van der Waals surface area contributed by atoms with Crippen molar-refractivity contribution in [3.63, 3.8) is 0 Å². The number of nitrogens with zero attached hydrogens (tertiary/aromatic N) is 1. The summed E-state index contributed by atoms with van der Waals surface area (Å²) in [5.41, 5.74) is 4.35. The molecular formula is C14H19N. The SMILES string of the molecule is CC(C)c1cn2ccccc2c1C(C)C. The van der Waals surface area contributed by atoms with E-state index < -0.39 is 0 Å². The quantitative estimate of drug-likeness (QED) is 0.686. The molecule has 15 heavy (non-hydrogen) atoms. The van der Waals surface area contributed by atoms with Crippen LogP contribution in [0.25, 0.3) is 5.52 Å². The molecule has 0 aliphatic heterocycles. The molecule has 0 aliphatic rings. The molecule has 2 heterocycles. The molecule has 0 unspecified atom stereocenters. The lowest BCUT2D eigenvalue weighted by molar-refractivity contribution is 0.803. The fraction of sp³-hybridized carbons (Fsp3) is 0.429. The summed E-state index contributed by atoms with van der Waals surface area (Å²) in [5.74, 6) is 1.19. The molecule has 0 atom stereocenters. The highest BCUT2D eigenvalue weighted by Crippen LogP contribution is 2.31. The van der Waals surface area contributed by atoms with Gasteiger partial charge in [0.15, 0.2) is 0 Å². The Labute approximate surface area is 91.7 Å². The molecule has 0 saturated heterocycles. The molecule has 1 heteroatoms. The molecule has 0 aromatic carbocycles. The molecule has 0 bridgehead atoms. The molecule has 2 aromatic rings. The summed E-state index contributed by atoms with van der Waals surface area (Å²) >= 11 is 0. The van der Waals surface area contributed by atoms with Crippen molar-refractivity contribution in [2.45, 2.75) is 39.5 Å².